The van der Waals surface area contributed by atoms with Crippen LogP contribution in [0.1, 0.15) is 98.1 Å². The summed E-state index contributed by atoms with van der Waals surface area (Å²) in [5.74, 6) is 1.63. The fourth-order valence-corrected chi connectivity index (χ4v) is 10.9. The molecule has 3 saturated heterocycles. The number of Topliss-reactive ketones (excluding diaryl/α,β-unsaturated/α-hetero) is 1. The molecule has 8 rings (SSSR count). The smallest absolute Gasteiger partial charge is 0.255 e. The molecule has 310 valence electrons. The second-order valence-corrected chi connectivity index (χ2v) is 18.7. The molecule has 12 nitrogen and oxygen atoms in total. The van der Waals surface area contributed by atoms with Gasteiger partial charge in [-0.2, -0.15) is 5.26 Å². The number of piperidine rings is 2. The zero-order valence-corrected chi connectivity index (χ0v) is 35.3. The van der Waals surface area contributed by atoms with E-state index in [-0.39, 0.29) is 52.8 Å². The molecule has 1 aromatic heterocycles. The van der Waals surface area contributed by atoms with Gasteiger partial charge in [0.15, 0.2) is 5.78 Å². The Morgan fingerprint density at radius 3 is 2.34 bits per heavy atom. The quantitative estimate of drug-likeness (QED) is 0.169. The summed E-state index contributed by atoms with van der Waals surface area (Å²) in [6.45, 7) is 15.8. The Morgan fingerprint density at radius 2 is 1.68 bits per heavy atom. The third-order valence-electron chi connectivity index (χ3n) is 14.0. The van der Waals surface area contributed by atoms with Crippen molar-refractivity contribution < 1.29 is 23.9 Å². The number of hydrogen-bond acceptors (Lipinski definition) is 10. The minimum atomic E-state index is -0.599. The van der Waals surface area contributed by atoms with E-state index in [0.29, 0.717) is 52.8 Å². The molecule has 1 saturated carbocycles. The minimum absolute atomic E-state index is 0.0942. The number of carbonyl (C=O) groups is 4. The first kappa shape index (κ1) is 40.8. The number of ketones is 1. The number of halogens is 1. The van der Waals surface area contributed by atoms with Crippen molar-refractivity contribution in [2.24, 2.45) is 22.7 Å². The summed E-state index contributed by atoms with van der Waals surface area (Å²) >= 11 is 6.26. The molecule has 5 heterocycles. The number of benzene rings is 2. The van der Waals surface area contributed by atoms with E-state index in [1.54, 1.807) is 29.3 Å². The Bertz CT molecular complexity index is 2150. The summed E-state index contributed by atoms with van der Waals surface area (Å²) in [6, 6.07) is 16.6. The maximum atomic E-state index is 13.6. The second kappa shape index (κ2) is 16.2. The van der Waals surface area contributed by atoms with Crippen molar-refractivity contribution in [2.75, 3.05) is 55.6 Å². The molecule has 59 heavy (non-hydrogen) atoms. The maximum Gasteiger partial charge on any atom is 0.255 e. The number of nitriles is 1. The normalized spacial score (nSPS) is 24.3. The van der Waals surface area contributed by atoms with Crippen LogP contribution in [0.3, 0.4) is 0 Å². The van der Waals surface area contributed by atoms with Crippen molar-refractivity contribution in [3.63, 3.8) is 0 Å². The monoisotopic (exact) mass is 819 g/mol. The molecule has 3 amide bonds. The summed E-state index contributed by atoms with van der Waals surface area (Å²) < 4.78 is 6.42. The summed E-state index contributed by atoms with van der Waals surface area (Å²) in [5.41, 5.74) is 3.26. The molecule has 3 aromatic rings. The highest BCUT2D eigenvalue weighted by Crippen LogP contribution is 2.61. The molecule has 13 heteroatoms. The van der Waals surface area contributed by atoms with Crippen LogP contribution in [0, 0.1) is 34.0 Å². The van der Waals surface area contributed by atoms with Crippen molar-refractivity contribution in [2.45, 2.75) is 84.9 Å². The molecule has 1 unspecified atom stereocenters. The fourth-order valence-electron chi connectivity index (χ4n) is 10.7. The van der Waals surface area contributed by atoms with Crippen LogP contribution in [-0.2, 0) is 16.1 Å². The number of ether oxygens (including phenoxy) is 1. The average Bonchev–Trinajstić information content (AvgIpc) is 3.56. The van der Waals surface area contributed by atoms with E-state index in [9.17, 15) is 24.4 Å². The van der Waals surface area contributed by atoms with Gasteiger partial charge in [-0.15, -0.1) is 0 Å². The van der Waals surface area contributed by atoms with Gasteiger partial charge in [-0.05, 0) is 92.1 Å². The molecule has 0 spiro atoms. The SMILES string of the molecule is CC1(C)C(CC(=O)c2ccc(N3CCC(CCN4CCN(c5ccc6c(c5)CN(C5CCC(=O)NC5=O)C6=O)CC4)CC3)nc2)C(C)(C)C1Oc1ccc(C#N)c(Cl)c1. The van der Waals surface area contributed by atoms with Crippen LogP contribution in [0.2, 0.25) is 5.02 Å². The molecule has 1 N–H and O–H groups in total. The van der Waals surface area contributed by atoms with Crippen molar-refractivity contribution in [3.8, 4) is 11.8 Å². The standard InChI is InChI=1S/C46H54ClN7O5/c1-45(2)39(46(3,4)44(45)59-34-8-5-30(26-48)36(47)24-34)25-38(55)31-6-11-40(49-27-31)53-17-14-29(15-18-53)13-16-51-19-21-52(22-20-51)33-7-9-35-32(23-33)28-54(43(35)58)37-10-12-41(56)50-42(37)57/h5-9,11,23-24,27,29,37,39,44H,10,12-22,25,28H2,1-4H3,(H,50,56,57). The molecule has 5 aliphatic rings. The molecular formula is C46H54ClN7O5. The van der Waals surface area contributed by atoms with Crippen molar-refractivity contribution in [1.29, 1.82) is 5.26 Å². The van der Waals surface area contributed by atoms with Gasteiger partial charge in [0.2, 0.25) is 11.8 Å². The van der Waals surface area contributed by atoms with Gasteiger partial charge in [0.25, 0.3) is 5.91 Å². The number of pyridine rings is 1. The fraction of sp³-hybridized carbons (Fsp3) is 0.522. The average molecular weight is 820 g/mol. The Balaban J connectivity index is 0.762. The van der Waals surface area contributed by atoms with Gasteiger partial charge in [0.05, 0.1) is 10.6 Å². The van der Waals surface area contributed by atoms with E-state index in [1.807, 2.05) is 24.3 Å². The predicted octanol–water partition coefficient (Wildman–Crippen LogP) is 6.50. The molecule has 2 aromatic carbocycles. The number of anilines is 2. The third kappa shape index (κ3) is 8.04. The highest BCUT2D eigenvalue weighted by atomic mass is 35.5. The lowest BCUT2D eigenvalue weighted by Gasteiger charge is -2.63. The first-order valence-electron chi connectivity index (χ1n) is 21.1. The van der Waals surface area contributed by atoms with Crippen LogP contribution in [0.15, 0.2) is 54.7 Å². The lowest BCUT2D eigenvalue weighted by Crippen LogP contribution is -2.66. The van der Waals surface area contributed by atoms with Crippen LogP contribution in [0.5, 0.6) is 5.75 Å². The van der Waals surface area contributed by atoms with Gasteiger partial charge in [-0.25, -0.2) is 4.98 Å². The number of rotatable bonds is 11. The van der Waals surface area contributed by atoms with Gasteiger partial charge in [-0.1, -0.05) is 39.3 Å². The summed E-state index contributed by atoms with van der Waals surface area (Å²) in [4.78, 5) is 64.4. The van der Waals surface area contributed by atoms with Crippen LogP contribution in [-0.4, -0.2) is 96.2 Å². The van der Waals surface area contributed by atoms with E-state index in [1.165, 1.54) is 6.42 Å². The summed E-state index contributed by atoms with van der Waals surface area (Å²) in [5, 5.41) is 12.0. The second-order valence-electron chi connectivity index (χ2n) is 18.3. The van der Waals surface area contributed by atoms with Crippen molar-refractivity contribution in [1.82, 2.24) is 20.1 Å². The summed E-state index contributed by atoms with van der Waals surface area (Å²) in [7, 11) is 0. The Kier molecular flexibility index (Phi) is 11.2. The van der Waals surface area contributed by atoms with E-state index in [2.05, 4.69) is 59.8 Å². The molecular weight excluding hydrogens is 766 g/mol. The van der Waals surface area contributed by atoms with E-state index < -0.39 is 6.04 Å². The molecule has 1 aliphatic carbocycles. The topological polar surface area (TPSA) is 139 Å². The maximum absolute atomic E-state index is 13.6. The third-order valence-corrected chi connectivity index (χ3v) is 14.3. The molecule has 4 aliphatic heterocycles. The van der Waals surface area contributed by atoms with Crippen LogP contribution in [0.25, 0.3) is 0 Å². The van der Waals surface area contributed by atoms with Crippen LogP contribution >= 0.6 is 11.6 Å². The molecule has 0 radical (unpaired) electrons. The first-order chi connectivity index (χ1) is 28.2. The van der Waals surface area contributed by atoms with Gasteiger partial charge < -0.3 is 19.4 Å². The number of aromatic nitrogens is 1. The number of hydrogen-bond donors (Lipinski definition) is 1. The lowest BCUT2D eigenvalue weighted by molar-refractivity contribution is -0.196. The highest BCUT2D eigenvalue weighted by Gasteiger charge is 2.63. The van der Waals surface area contributed by atoms with Crippen LogP contribution in [0.4, 0.5) is 11.5 Å². The lowest BCUT2D eigenvalue weighted by atomic mass is 9.44. The molecule has 4 fully saturated rings. The predicted molar refractivity (Wildman–Crippen MR) is 226 cm³/mol. The zero-order chi connectivity index (χ0) is 41.6. The number of nitrogens with one attached hydrogen (secondary N) is 1. The minimum Gasteiger partial charge on any atom is -0.489 e. The number of fused-ring (bicyclic) bond motifs is 1. The van der Waals surface area contributed by atoms with Gasteiger partial charge in [0, 0.05) is 98.6 Å². The van der Waals surface area contributed by atoms with Crippen molar-refractivity contribution in [3.05, 3.63) is 82.0 Å². The van der Waals surface area contributed by atoms with Crippen molar-refractivity contribution >= 4 is 46.6 Å². The van der Waals surface area contributed by atoms with E-state index in [4.69, 9.17) is 21.3 Å². The summed E-state index contributed by atoms with van der Waals surface area (Å²) in [6.07, 6.45) is 6.07. The Morgan fingerprint density at radius 1 is 0.932 bits per heavy atom. The van der Waals surface area contributed by atoms with Gasteiger partial charge in [-0.3, -0.25) is 29.4 Å². The highest BCUT2D eigenvalue weighted by molar-refractivity contribution is 6.31. The number of piperazine rings is 1. The zero-order valence-electron chi connectivity index (χ0n) is 34.5. The van der Waals surface area contributed by atoms with Gasteiger partial charge in [0.1, 0.15) is 29.8 Å². The van der Waals surface area contributed by atoms with Crippen LogP contribution < -0.4 is 19.9 Å². The number of nitrogens with zero attached hydrogens (tertiary/aromatic N) is 6. The Labute approximate surface area is 351 Å². The Hall–Kier alpha value is -4.99. The number of amides is 3. The number of carbonyl (C=O) groups excluding carboxylic acids is 4. The van der Waals surface area contributed by atoms with E-state index >= 15 is 0 Å². The molecule has 0 bridgehead atoms. The number of imide groups is 1. The largest absolute Gasteiger partial charge is 0.489 e. The molecule has 1 atom stereocenters. The van der Waals surface area contributed by atoms with Gasteiger partial charge >= 0.3 is 0 Å². The first-order valence-corrected chi connectivity index (χ1v) is 21.5. The van der Waals surface area contributed by atoms with E-state index in [0.717, 1.165) is 75.7 Å².